The van der Waals surface area contributed by atoms with E-state index in [4.69, 9.17) is 0 Å². The lowest BCUT2D eigenvalue weighted by Crippen LogP contribution is -2.64. The van der Waals surface area contributed by atoms with Crippen molar-refractivity contribution in [2.24, 2.45) is 17.8 Å². The molecule has 4 atom stereocenters. The number of carbonyl (C=O) groups excluding carboxylic acids is 2. The maximum Gasteiger partial charge on any atom is 0.243 e. The maximum absolute atomic E-state index is 13.7. The highest BCUT2D eigenvalue weighted by atomic mass is 16.2. The Bertz CT molecular complexity index is 817. The highest BCUT2D eigenvalue weighted by molar-refractivity contribution is 5.91. The highest BCUT2D eigenvalue weighted by Crippen LogP contribution is 2.49. The van der Waals surface area contributed by atoms with Crippen LogP contribution in [0.15, 0.2) is 24.3 Å². The van der Waals surface area contributed by atoms with Crippen LogP contribution >= 0.6 is 0 Å². The first kappa shape index (κ1) is 23.3. The number of benzene rings is 1. The molecular formula is C28H42N2O2. The Balaban J connectivity index is 1.48. The van der Waals surface area contributed by atoms with Gasteiger partial charge in [-0.25, -0.2) is 0 Å². The lowest BCUT2D eigenvalue weighted by Gasteiger charge is -2.43. The molecule has 32 heavy (non-hydrogen) atoms. The van der Waals surface area contributed by atoms with E-state index < -0.39 is 0 Å². The number of piperazine rings is 1. The summed E-state index contributed by atoms with van der Waals surface area (Å²) >= 11 is 0. The molecule has 1 aliphatic heterocycles. The summed E-state index contributed by atoms with van der Waals surface area (Å²) in [6, 6.07) is 8.65. The van der Waals surface area contributed by atoms with Crippen molar-refractivity contribution >= 4 is 11.8 Å². The molecule has 2 saturated carbocycles. The van der Waals surface area contributed by atoms with Crippen molar-refractivity contribution in [1.82, 2.24) is 10.2 Å². The van der Waals surface area contributed by atoms with Crippen LogP contribution in [0.1, 0.15) is 96.6 Å². The Hall–Kier alpha value is -1.84. The Kier molecular flexibility index (Phi) is 6.70. The van der Waals surface area contributed by atoms with Crippen molar-refractivity contribution in [1.29, 1.82) is 0 Å². The van der Waals surface area contributed by atoms with Gasteiger partial charge in [-0.05, 0) is 60.0 Å². The van der Waals surface area contributed by atoms with Gasteiger partial charge < -0.3 is 10.2 Å². The Morgan fingerprint density at radius 1 is 1.09 bits per heavy atom. The molecule has 1 aromatic rings. The number of amides is 2. The lowest BCUT2D eigenvalue weighted by molar-refractivity contribution is -0.147. The molecule has 4 heteroatoms. The molecule has 4 nitrogen and oxygen atoms in total. The summed E-state index contributed by atoms with van der Waals surface area (Å²) in [4.78, 5) is 28.8. The molecule has 1 saturated heterocycles. The zero-order valence-electron chi connectivity index (χ0n) is 20.7. The van der Waals surface area contributed by atoms with Crippen LogP contribution in [0.4, 0.5) is 0 Å². The molecule has 0 aromatic heterocycles. The Morgan fingerprint density at radius 2 is 1.75 bits per heavy atom. The van der Waals surface area contributed by atoms with E-state index in [1.165, 1.54) is 43.2 Å². The van der Waals surface area contributed by atoms with E-state index in [1.807, 2.05) is 4.90 Å². The molecule has 3 aliphatic rings. The van der Waals surface area contributed by atoms with Crippen molar-refractivity contribution in [3.63, 3.8) is 0 Å². The van der Waals surface area contributed by atoms with Gasteiger partial charge in [-0.2, -0.15) is 0 Å². The summed E-state index contributed by atoms with van der Waals surface area (Å²) in [5.74, 6) is 1.50. The first-order chi connectivity index (χ1) is 15.1. The molecular weight excluding hydrogens is 396 g/mol. The largest absolute Gasteiger partial charge is 0.350 e. The average molecular weight is 439 g/mol. The lowest BCUT2D eigenvalue weighted by atomic mass is 9.82. The average Bonchev–Trinajstić information content (AvgIpc) is 3.55. The molecule has 0 radical (unpaired) electrons. The van der Waals surface area contributed by atoms with Crippen LogP contribution in [-0.2, 0) is 15.0 Å². The van der Waals surface area contributed by atoms with Gasteiger partial charge in [0.25, 0.3) is 0 Å². The third-order valence-electron chi connectivity index (χ3n) is 7.91. The third-order valence-corrected chi connectivity index (χ3v) is 7.91. The minimum atomic E-state index is -0.313. The van der Waals surface area contributed by atoms with Gasteiger partial charge in [0.05, 0.1) is 0 Å². The summed E-state index contributed by atoms with van der Waals surface area (Å²) in [6.45, 7) is 11.7. The van der Waals surface area contributed by atoms with Crippen LogP contribution in [0.3, 0.4) is 0 Å². The standard InChI is InChI=1S/C28H42N2O2/c1-18(2)15-25-26(31)29-24(20-9-7-6-8-10-20)17-30(25)27(32)23-16-22(23)19-11-13-21(14-12-19)28(3,4)5/h11-14,18,20,22-25H,6-10,15-17H2,1-5H3,(H,29,31). The fourth-order valence-corrected chi connectivity index (χ4v) is 5.81. The zero-order chi connectivity index (χ0) is 23.0. The third kappa shape index (κ3) is 5.05. The van der Waals surface area contributed by atoms with Crippen molar-refractivity contribution in [2.45, 2.75) is 103 Å². The van der Waals surface area contributed by atoms with E-state index in [9.17, 15) is 9.59 Å². The van der Waals surface area contributed by atoms with Gasteiger partial charge in [0.2, 0.25) is 11.8 Å². The van der Waals surface area contributed by atoms with Crippen LogP contribution in [0.5, 0.6) is 0 Å². The maximum atomic E-state index is 13.7. The first-order valence-electron chi connectivity index (χ1n) is 12.9. The molecule has 2 amide bonds. The second-order valence-electron chi connectivity index (χ2n) is 12.0. The first-order valence-corrected chi connectivity index (χ1v) is 12.9. The van der Waals surface area contributed by atoms with Gasteiger partial charge in [0.15, 0.2) is 0 Å². The fourth-order valence-electron chi connectivity index (χ4n) is 5.81. The second-order valence-corrected chi connectivity index (χ2v) is 12.0. The fraction of sp³-hybridized carbons (Fsp3) is 0.714. The van der Waals surface area contributed by atoms with Crippen molar-refractivity contribution < 1.29 is 9.59 Å². The molecule has 4 unspecified atom stereocenters. The normalized spacial score (nSPS) is 29.2. The zero-order valence-corrected chi connectivity index (χ0v) is 20.7. The number of nitrogens with one attached hydrogen (secondary N) is 1. The minimum Gasteiger partial charge on any atom is -0.350 e. The van der Waals surface area contributed by atoms with E-state index in [0.717, 1.165) is 12.8 Å². The monoisotopic (exact) mass is 438 g/mol. The van der Waals surface area contributed by atoms with Gasteiger partial charge in [0.1, 0.15) is 6.04 Å². The summed E-state index contributed by atoms with van der Waals surface area (Å²) < 4.78 is 0. The number of hydrogen-bond acceptors (Lipinski definition) is 2. The number of hydrogen-bond donors (Lipinski definition) is 1. The topological polar surface area (TPSA) is 49.4 Å². The molecule has 1 aromatic carbocycles. The van der Waals surface area contributed by atoms with Gasteiger partial charge in [-0.1, -0.05) is 78.1 Å². The quantitative estimate of drug-likeness (QED) is 0.668. The van der Waals surface area contributed by atoms with Crippen LogP contribution < -0.4 is 5.32 Å². The SMILES string of the molecule is CC(C)CC1C(=O)NC(C2CCCCC2)CN1C(=O)C1CC1c1ccc(C(C)(C)C)cc1. The molecule has 0 bridgehead atoms. The number of nitrogens with zero attached hydrogens (tertiary/aromatic N) is 1. The predicted octanol–water partition coefficient (Wildman–Crippen LogP) is 5.41. The van der Waals surface area contributed by atoms with E-state index in [2.05, 4.69) is 64.2 Å². The number of rotatable bonds is 5. The molecule has 2 aliphatic carbocycles. The highest BCUT2D eigenvalue weighted by Gasteiger charge is 2.50. The van der Waals surface area contributed by atoms with Gasteiger partial charge in [0, 0.05) is 18.5 Å². The molecule has 1 N–H and O–H groups in total. The molecule has 0 spiro atoms. The summed E-state index contributed by atoms with van der Waals surface area (Å²) in [7, 11) is 0. The van der Waals surface area contributed by atoms with Crippen molar-refractivity contribution in [3.8, 4) is 0 Å². The predicted molar refractivity (Wildman–Crippen MR) is 129 cm³/mol. The molecule has 1 heterocycles. The Labute approximate surface area is 194 Å². The molecule has 4 rings (SSSR count). The van der Waals surface area contributed by atoms with Gasteiger partial charge in [-0.15, -0.1) is 0 Å². The number of carbonyl (C=O) groups is 2. The Morgan fingerprint density at radius 3 is 2.34 bits per heavy atom. The minimum absolute atomic E-state index is 0.0306. The van der Waals surface area contributed by atoms with Crippen LogP contribution in [-0.4, -0.2) is 35.3 Å². The van der Waals surface area contributed by atoms with Gasteiger partial charge >= 0.3 is 0 Å². The van der Waals surface area contributed by atoms with Crippen molar-refractivity contribution in [2.75, 3.05) is 6.54 Å². The van der Waals surface area contributed by atoms with Gasteiger partial charge in [-0.3, -0.25) is 9.59 Å². The van der Waals surface area contributed by atoms with E-state index in [1.54, 1.807) is 0 Å². The van der Waals surface area contributed by atoms with Crippen LogP contribution in [0.2, 0.25) is 0 Å². The van der Waals surface area contributed by atoms with E-state index >= 15 is 0 Å². The molecule has 3 fully saturated rings. The van der Waals surface area contributed by atoms with E-state index in [-0.39, 0.29) is 35.2 Å². The smallest absolute Gasteiger partial charge is 0.243 e. The second kappa shape index (κ2) is 9.19. The summed E-state index contributed by atoms with van der Waals surface area (Å²) in [5.41, 5.74) is 2.73. The van der Waals surface area contributed by atoms with Crippen LogP contribution in [0.25, 0.3) is 0 Å². The summed E-state index contributed by atoms with van der Waals surface area (Å²) in [5, 5.41) is 3.32. The molecule has 176 valence electrons. The van der Waals surface area contributed by atoms with Crippen LogP contribution in [0, 0.1) is 17.8 Å². The summed E-state index contributed by atoms with van der Waals surface area (Å²) in [6.07, 6.45) is 7.79. The van der Waals surface area contributed by atoms with Crippen molar-refractivity contribution in [3.05, 3.63) is 35.4 Å². The van der Waals surface area contributed by atoms with E-state index in [0.29, 0.717) is 24.3 Å².